The Morgan fingerprint density at radius 3 is 2.58 bits per heavy atom. The molecule has 0 saturated carbocycles. The van der Waals surface area contributed by atoms with E-state index in [1.165, 1.54) is 18.3 Å². The molecule has 0 saturated heterocycles. The van der Waals surface area contributed by atoms with Crippen LogP contribution in [0.2, 0.25) is 0 Å². The Labute approximate surface area is 182 Å². The summed E-state index contributed by atoms with van der Waals surface area (Å²) in [5.41, 5.74) is 1.09. The molecular formula is C22H16N2O5S2. The average molecular weight is 453 g/mol. The molecule has 0 N–H and O–H groups in total. The fraction of sp³-hybridized carbons (Fsp3) is 0.0909. The summed E-state index contributed by atoms with van der Waals surface area (Å²) < 4.78 is 38.2. The summed E-state index contributed by atoms with van der Waals surface area (Å²) in [5.74, 6) is 1.16. The largest absolute Gasteiger partial charge is 0.454 e. The number of aryl methyl sites for hydroxylation is 1. The van der Waals surface area contributed by atoms with Crippen molar-refractivity contribution in [3.05, 3.63) is 79.7 Å². The molecule has 0 atom stereocenters. The maximum absolute atomic E-state index is 13.1. The van der Waals surface area contributed by atoms with Crippen LogP contribution >= 0.6 is 11.3 Å². The zero-order chi connectivity index (χ0) is 22.2. The number of ether oxygens (including phenoxy) is 2. The maximum Gasteiger partial charge on any atom is 0.273 e. The number of aromatic nitrogens is 1. The van der Waals surface area contributed by atoms with Crippen molar-refractivity contribution < 1.29 is 17.9 Å². The first-order valence-electron chi connectivity index (χ1n) is 9.06. The second kappa shape index (κ2) is 7.91. The fourth-order valence-corrected chi connectivity index (χ4v) is 5.65. The Morgan fingerprint density at radius 1 is 1.19 bits per heavy atom. The van der Waals surface area contributed by atoms with E-state index in [9.17, 15) is 18.5 Å². The van der Waals surface area contributed by atoms with E-state index < -0.39 is 20.3 Å². The van der Waals surface area contributed by atoms with Gasteiger partial charge in [-0.25, -0.2) is 8.42 Å². The van der Waals surface area contributed by atoms with Crippen LogP contribution in [0.3, 0.4) is 0 Å². The number of thiazole rings is 1. The molecule has 2 heterocycles. The van der Waals surface area contributed by atoms with Crippen molar-refractivity contribution in [1.29, 1.82) is 5.26 Å². The minimum atomic E-state index is -4.13. The lowest BCUT2D eigenvalue weighted by Crippen LogP contribution is -2.29. The van der Waals surface area contributed by atoms with Gasteiger partial charge < -0.3 is 9.47 Å². The summed E-state index contributed by atoms with van der Waals surface area (Å²) in [4.78, 5) is 12.4. The van der Waals surface area contributed by atoms with Crippen molar-refractivity contribution in [2.24, 2.45) is 0 Å². The average Bonchev–Trinajstić information content (AvgIpc) is 3.33. The van der Waals surface area contributed by atoms with Gasteiger partial charge in [0.1, 0.15) is 10.7 Å². The van der Waals surface area contributed by atoms with Crippen molar-refractivity contribution in [3.8, 4) is 17.6 Å². The summed E-state index contributed by atoms with van der Waals surface area (Å²) in [6.07, 6.45) is 2.80. The van der Waals surface area contributed by atoms with E-state index in [0.29, 0.717) is 17.1 Å². The molecule has 0 bridgehead atoms. The number of hydrogen-bond acceptors (Lipinski definition) is 7. The second-order valence-corrected chi connectivity index (χ2v) is 9.56. The van der Waals surface area contributed by atoms with Crippen LogP contribution in [-0.4, -0.2) is 19.8 Å². The van der Waals surface area contributed by atoms with Crippen molar-refractivity contribution in [2.75, 3.05) is 6.79 Å². The molecule has 9 heteroatoms. The van der Waals surface area contributed by atoms with Crippen molar-refractivity contribution in [3.63, 3.8) is 0 Å². The van der Waals surface area contributed by atoms with E-state index in [0.717, 1.165) is 21.5 Å². The Morgan fingerprint density at radius 2 is 1.90 bits per heavy atom. The molecule has 2 aromatic carbocycles. The third-order valence-electron chi connectivity index (χ3n) is 4.63. The molecule has 4 rings (SSSR count). The van der Waals surface area contributed by atoms with E-state index in [4.69, 9.17) is 9.47 Å². The summed E-state index contributed by atoms with van der Waals surface area (Å²) in [6.45, 7) is 5.56. The number of hydrogen-bond donors (Lipinski definition) is 0. The molecular weight excluding hydrogens is 436 g/mol. The number of benzene rings is 2. The van der Waals surface area contributed by atoms with Crippen molar-refractivity contribution >= 4 is 38.4 Å². The van der Waals surface area contributed by atoms with E-state index in [1.54, 1.807) is 42.5 Å². The molecule has 156 valence electrons. The SMILES string of the molecule is C=Cn1c(=O)/c(=C\c2ccc3c(c2)OCO3)s/c1=C(\C#N)S(=O)(=O)c1ccc(C)cc1. The van der Waals surface area contributed by atoms with Gasteiger partial charge in [-0.15, -0.1) is 11.3 Å². The minimum Gasteiger partial charge on any atom is -0.454 e. The van der Waals surface area contributed by atoms with Gasteiger partial charge in [0.25, 0.3) is 5.56 Å². The number of nitriles is 1. The van der Waals surface area contributed by atoms with Crippen LogP contribution < -0.4 is 24.2 Å². The highest BCUT2D eigenvalue weighted by molar-refractivity contribution is 8.00. The van der Waals surface area contributed by atoms with E-state index in [-0.39, 0.29) is 20.9 Å². The summed E-state index contributed by atoms with van der Waals surface area (Å²) >= 11 is 0.909. The van der Waals surface area contributed by atoms with Gasteiger partial charge in [-0.1, -0.05) is 30.3 Å². The normalized spacial score (nSPS) is 14.3. The van der Waals surface area contributed by atoms with E-state index >= 15 is 0 Å². The summed E-state index contributed by atoms with van der Waals surface area (Å²) in [5, 5.41) is 9.70. The Bertz CT molecular complexity index is 1520. The summed E-state index contributed by atoms with van der Waals surface area (Å²) in [6, 6.07) is 13.1. The number of rotatable bonds is 4. The number of fused-ring (bicyclic) bond motifs is 1. The third kappa shape index (κ3) is 3.67. The third-order valence-corrected chi connectivity index (χ3v) is 7.58. The molecule has 1 aromatic heterocycles. The van der Waals surface area contributed by atoms with Gasteiger partial charge in [0.15, 0.2) is 16.4 Å². The van der Waals surface area contributed by atoms with Gasteiger partial charge in [-0.3, -0.25) is 9.36 Å². The number of nitrogens with zero attached hydrogens (tertiary/aromatic N) is 2. The van der Waals surface area contributed by atoms with Crippen LogP contribution in [-0.2, 0) is 9.84 Å². The topological polar surface area (TPSA) is 98.4 Å². The smallest absolute Gasteiger partial charge is 0.273 e. The molecule has 1 aliphatic rings. The van der Waals surface area contributed by atoms with E-state index in [1.807, 2.05) is 6.92 Å². The lowest BCUT2D eigenvalue weighted by atomic mass is 10.2. The van der Waals surface area contributed by atoms with Gasteiger partial charge in [-0.05, 0) is 42.8 Å². The van der Waals surface area contributed by atoms with Crippen LogP contribution in [0.15, 0.2) is 58.7 Å². The molecule has 0 fully saturated rings. The second-order valence-electron chi connectivity index (χ2n) is 6.64. The van der Waals surface area contributed by atoms with Crippen LogP contribution in [0, 0.1) is 18.3 Å². The lowest BCUT2D eigenvalue weighted by molar-refractivity contribution is 0.174. The van der Waals surface area contributed by atoms with Gasteiger partial charge in [-0.2, -0.15) is 5.26 Å². The minimum absolute atomic E-state index is 0.00457. The maximum atomic E-state index is 13.1. The molecule has 3 aromatic rings. The number of sulfone groups is 1. The monoisotopic (exact) mass is 452 g/mol. The lowest BCUT2D eigenvalue weighted by Gasteiger charge is -2.03. The first-order valence-corrected chi connectivity index (χ1v) is 11.4. The van der Waals surface area contributed by atoms with Gasteiger partial charge in [0, 0.05) is 6.20 Å². The molecule has 0 spiro atoms. The molecule has 0 aliphatic carbocycles. The van der Waals surface area contributed by atoms with Crippen molar-refractivity contribution in [2.45, 2.75) is 11.8 Å². The first-order chi connectivity index (χ1) is 14.8. The predicted octanol–water partition coefficient (Wildman–Crippen LogP) is 1.98. The molecule has 1 aliphatic heterocycles. The predicted molar refractivity (Wildman–Crippen MR) is 118 cm³/mol. The molecule has 31 heavy (non-hydrogen) atoms. The summed E-state index contributed by atoms with van der Waals surface area (Å²) in [7, 11) is -4.13. The zero-order valence-corrected chi connectivity index (χ0v) is 18.0. The molecule has 0 unspecified atom stereocenters. The zero-order valence-electron chi connectivity index (χ0n) is 16.4. The Hall–Kier alpha value is -3.61. The highest BCUT2D eigenvalue weighted by Crippen LogP contribution is 2.32. The Kier molecular flexibility index (Phi) is 5.27. The highest BCUT2D eigenvalue weighted by atomic mass is 32.2. The molecule has 0 amide bonds. The van der Waals surface area contributed by atoms with E-state index in [2.05, 4.69) is 6.58 Å². The standard InChI is InChI=1S/C22H16N2O5S2/c1-3-24-21(25)19(11-15-6-9-17-18(10-15)29-13-28-17)30-22(24)20(12-23)31(26,27)16-7-4-14(2)5-8-16/h3-11H,1,13H2,2H3/b19-11+,22-20+. The quantitative estimate of drug-likeness (QED) is 0.600. The van der Waals surface area contributed by atoms with Crippen LogP contribution in [0.4, 0.5) is 0 Å². The fourth-order valence-electron chi connectivity index (χ4n) is 3.03. The van der Waals surface area contributed by atoms with Gasteiger partial charge in [0.2, 0.25) is 16.6 Å². The Balaban J connectivity index is 1.96. The molecule has 7 nitrogen and oxygen atoms in total. The first kappa shape index (κ1) is 20.7. The van der Waals surface area contributed by atoms with Crippen LogP contribution in [0.25, 0.3) is 17.2 Å². The highest BCUT2D eigenvalue weighted by Gasteiger charge is 2.24. The van der Waals surface area contributed by atoms with Gasteiger partial charge in [0.05, 0.1) is 9.43 Å². The van der Waals surface area contributed by atoms with Crippen molar-refractivity contribution in [1.82, 2.24) is 4.57 Å². The van der Waals surface area contributed by atoms with Crippen LogP contribution in [0.1, 0.15) is 11.1 Å². The van der Waals surface area contributed by atoms with Crippen LogP contribution in [0.5, 0.6) is 11.5 Å². The molecule has 0 radical (unpaired) electrons. The van der Waals surface area contributed by atoms with Gasteiger partial charge >= 0.3 is 0 Å².